The van der Waals surface area contributed by atoms with Crippen LogP contribution in [0.25, 0.3) is 0 Å². The molecule has 0 atom stereocenters. The number of methoxy groups -OCH3 is 1. The molecule has 0 aliphatic carbocycles. The molecule has 2 rings (SSSR count). The van der Waals surface area contributed by atoms with E-state index >= 15 is 0 Å². The van der Waals surface area contributed by atoms with Gasteiger partial charge in [0.2, 0.25) is 5.91 Å². The summed E-state index contributed by atoms with van der Waals surface area (Å²) in [5.74, 6) is -1.05. The van der Waals surface area contributed by atoms with Gasteiger partial charge in [-0.1, -0.05) is 43.0 Å². The highest BCUT2D eigenvalue weighted by molar-refractivity contribution is 5.94. The van der Waals surface area contributed by atoms with Crippen molar-refractivity contribution in [3.63, 3.8) is 0 Å². The van der Waals surface area contributed by atoms with Crippen LogP contribution in [0.4, 0.5) is 5.69 Å². The second-order valence-corrected chi connectivity index (χ2v) is 6.76. The fraction of sp³-hybridized carbons (Fsp3) is 0.364. The average molecular weight is 383 g/mol. The monoisotopic (exact) mass is 383 g/mol. The Hall–Kier alpha value is -2.86. The molecule has 1 amide bonds. The van der Waals surface area contributed by atoms with E-state index in [0.29, 0.717) is 19.5 Å². The highest BCUT2D eigenvalue weighted by atomic mass is 16.5. The Morgan fingerprint density at radius 1 is 1.14 bits per heavy atom. The van der Waals surface area contributed by atoms with Crippen molar-refractivity contribution >= 4 is 17.6 Å². The predicted molar refractivity (Wildman–Crippen MR) is 108 cm³/mol. The van der Waals surface area contributed by atoms with Crippen molar-refractivity contribution in [2.75, 3.05) is 32.1 Å². The summed E-state index contributed by atoms with van der Waals surface area (Å²) in [6.45, 7) is 7.55. The molecule has 6 nitrogen and oxygen atoms in total. The first kappa shape index (κ1) is 21.4. The lowest BCUT2D eigenvalue weighted by molar-refractivity contribution is -0.268. The van der Waals surface area contributed by atoms with Crippen molar-refractivity contribution in [1.82, 2.24) is 4.90 Å². The number of rotatable bonds is 8. The zero-order valence-corrected chi connectivity index (χ0v) is 16.9. The molecule has 1 N–H and O–H groups in total. The number of carbonyl (C=O) groups excluding carboxylic acids is 2. The van der Waals surface area contributed by atoms with E-state index in [1.54, 1.807) is 12.1 Å². The zero-order chi connectivity index (χ0) is 20.7. The topological polar surface area (TPSA) is 81.7 Å². The number of nitrogens with zero attached hydrogens (tertiary/aromatic N) is 1. The Morgan fingerprint density at radius 3 is 2.43 bits per heavy atom. The number of carbonyl (C=O) groups is 2. The van der Waals surface area contributed by atoms with Crippen molar-refractivity contribution in [3.8, 4) is 5.75 Å². The van der Waals surface area contributed by atoms with Crippen LogP contribution in [-0.2, 0) is 16.0 Å². The fourth-order valence-corrected chi connectivity index (χ4v) is 3.03. The lowest BCUT2D eigenvalue weighted by atomic mass is 10.1. The number of hydrogen-bond acceptors (Lipinski definition) is 5. The van der Waals surface area contributed by atoms with Gasteiger partial charge in [-0.2, -0.15) is 0 Å². The van der Waals surface area contributed by atoms with Gasteiger partial charge in [-0.3, -0.25) is 9.69 Å². The second-order valence-electron chi connectivity index (χ2n) is 6.76. The van der Waals surface area contributed by atoms with Gasteiger partial charge in [-0.25, -0.2) is 4.79 Å². The quantitative estimate of drug-likeness (QED) is 0.709. The SMILES string of the molecule is CCN(CCc1ccc([O-])c(C(=O)OC)c1)CC(=O)Nc1c(C)cccc1C. The van der Waals surface area contributed by atoms with Crippen LogP contribution in [0.5, 0.6) is 5.75 Å². The van der Waals surface area contributed by atoms with Gasteiger partial charge in [0.15, 0.2) is 0 Å². The first-order valence-corrected chi connectivity index (χ1v) is 9.32. The highest BCUT2D eigenvalue weighted by Gasteiger charge is 2.13. The van der Waals surface area contributed by atoms with Gasteiger partial charge in [-0.05, 0) is 49.6 Å². The van der Waals surface area contributed by atoms with E-state index in [2.05, 4.69) is 10.1 Å². The number of amides is 1. The van der Waals surface area contributed by atoms with Gasteiger partial charge in [0.1, 0.15) is 0 Å². The van der Waals surface area contributed by atoms with Crippen LogP contribution in [0.1, 0.15) is 34.0 Å². The molecule has 0 fully saturated rings. The van der Waals surface area contributed by atoms with E-state index in [9.17, 15) is 14.7 Å². The van der Waals surface area contributed by atoms with Crippen LogP contribution in [0.2, 0.25) is 0 Å². The number of hydrogen-bond donors (Lipinski definition) is 1. The van der Waals surface area contributed by atoms with Gasteiger partial charge in [0.25, 0.3) is 0 Å². The lowest BCUT2D eigenvalue weighted by Crippen LogP contribution is -2.34. The van der Waals surface area contributed by atoms with E-state index < -0.39 is 5.97 Å². The molecule has 0 saturated heterocycles. The minimum Gasteiger partial charge on any atom is -0.872 e. The Kier molecular flexibility index (Phi) is 7.58. The van der Waals surface area contributed by atoms with Crippen LogP contribution in [0.15, 0.2) is 36.4 Å². The molecule has 0 bridgehead atoms. The number of nitrogens with one attached hydrogen (secondary N) is 1. The maximum Gasteiger partial charge on any atom is 0.337 e. The smallest absolute Gasteiger partial charge is 0.337 e. The largest absolute Gasteiger partial charge is 0.872 e. The molecule has 28 heavy (non-hydrogen) atoms. The maximum atomic E-state index is 12.5. The third kappa shape index (κ3) is 5.57. The van der Waals surface area contributed by atoms with Crippen LogP contribution >= 0.6 is 0 Å². The third-order valence-electron chi connectivity index (χ3n) is 4.73. The molecular formula is C22H27N2O4-. The van der Waals surface area contributed by atoms with Crippen LogP contribution < -0.4 is 10.4 Å². The normalized spacial score (nSPS) is 10.8. The molecule has 150 valence electrons. The van der Waals surface area contributed by atoms with Gasteiger partial charge in [0, 0.05) is 12.2 Å². The Balaban J connectivity index is 1.97. The molecule has 0 spiro atoms. The van der Waals surface area contributed by atoms with Crippen molar-refractivity contribution in [2.45, 2.75) is 27.2 Å². The number of likely N-dealkylation sites (N-methyl/N-ethyl adjacent to an activating group) is 1. The van der Waals surface area contributed by atoms with Crippen molar-refractivity contribution in [3.05, 3.63) is 58.7 Å². The number of ether oxygens (including phenoxy) is 1. The maximum absolute atomic E-state index is 12.5. The summed E-state index contributed by atoms with van der Waals surface area (Å²) >= 11 is 0. The highest BCUT2D eigenvalue weighted by Crippen LogP contribution is 2.20. The van der Waals surface area contributed by atoms with E-state index in [0.717, 1.165) is 22.4 Å². The summed E-state index contributed by atoms with van der Waals surface area (Å²) in [7, 11) is 1.25. The second kappa shape index (κ2) is 9.90. The molecule has 0 aromatic heterocycles. The molecule has 2 aromatic carbocycles. The predicted octanol–water partition coefficient (Wildman–Crippen LogP) is 2.67. The summed E-state index contributed by atoms with van der Waals surface area (Å²) in [4.78, 5) is 26.2. The first-order chi connectivity index (χ1) is 13.3. The van der Waals surface area contributed by atoms with E-state index in [1.807, 2.05) is 43.9 Å². The summed E-state index contributed by atoms with van der Waals surface area (Å²) < 4.78 is 4.65. The number of para-hydroxylation sites is 1. The molecule has 0 aliphatic rings. The number of esters is 1. The molecular weight excluding hydrogens is 356 g/mol. The first-order valence-electron chi connectivity index (χ1n) is 9.32. The van der Waals surface area contributed by atoms with Crippen molar-refractivity contribution in [1.29, 1.82) is 0 Å². The number of anilines is 1. The van der Waals surface area contributed by atoms with Gasteiger partial charge in [-0.15, -0.1) is 0 Å². The number of aryl methyl sites for hydroxylation is 2. The van der Waals surface area contributed by atoms with Crippen LogP contribution in [0, 0.1) is 13.8 Å². The van der Waals surface area contributed by atoms with Crippen LogP contribution in [-0.4, -0.2) is 43.5 Å². The fourth-order valence-electron chi connectivity index (χ4n) is 3.03. The minimum absolute atomic E-state index is 0.0378. The standard InChI is InChI=1S/C22H28N2O4/c1-5-24(14-20(26)23-21-15(2)7-6-8-16(21)3)12-11-17-9-10-19(25)18(13-17)22(27)28-4/h6-10,13,25H,5,11-12,14H2,1-4H3,(H,23,26)/p-1. The van der Waals surface area contributed by atoms with Gasteiger partial charge < -0.3 is 15.2 Å². The molecule has 0 aliphatic heterocycles. The van der Waals surface area contributed by atoms with Gasteiger partial charge in [0.05, 0.1) is 19.2 Å². The minimum atomic E-state index is -0.632. The summed E-state index contributed by atoms with van der Waals surface area (Å²) in [5, 5.41) is 14.8. The Morgan fingerprint density at radius 2 is 1.82 bits per heavy atom. The summed E-state index contributed by atoms with van der Waals surface area (Å²) in [6.07, 6.45) is 0.620. The van der Waals surface area contributed by atoms with Crippen molar-refractivity contribution < 1.29 is 19.4 Å². The molecule has 0 radical (unpaired) electrons. The third-order valence-corrected chi connectivity index (χ3v) is 4.73. The molecule has 0 unspecified atom stereocenters. The zero-order valence-electron chi connectivity index (χ0n) is 16.9. The van der Waals surface area contributed by atoms with E-state index in [1.165, 1.54) is 13.2 Å². The molecule has 2 aromatic rings. The summed E-state index contributed by atoms with van der Waals surface area (Å²) in [5.41, 5.74) is 3.82. The molecule has 6 heteroatoms. The Bertz CT molecular complexity index is 828. The van der Waals surface area contributed by atoms with Crippen molar-refractivity contribution in [2.24, 2.45) is 0 Å². The number of benzene rings is 2. The summed E-state index contributed by atoms with van der Waals surface area (Å²) in [6, 6.07) is 10.6. The van der Waals surface area contributed by atoms with Crippen LogP contribution in [0.3, 0.4) is 0 Å². The van der Waals surface area contributed by atoms with E-state index in [-0.39, 0.29) is 23.8 Å². The lowest BCUT2D eigenvalue weighted by Gasteiger charge is -2.21. The average Bonchev–Trinajstić information content (AvgIpc) is 2.68. The molecule has 0 heterocycles. The van der Waals surface area contributed by atoms with Gasteiger partial charge >= 0.3 is 5.97 Å². The Labute approximate surface area is 166 Å². The van der Waals surface area contributed by atoms with E-state index in [4.69, 9.17) is 0 Å². The molecule has 0 saturated carbocycles.